The second-order valence-electron chi connectivity index (χ2n) is 6.12. The molecule has 32 heavy (non-hydrogen) atoms. The summed E-state index contributed by atoms with van der Waals surface area (Å²) >= 11 is 0. The van der Waals surface area contributed by atoms with E-state index in [1.165, 1.54) is 0 Å². The van der Waals surface area contributed by atoms with Gasteiger partial charge in [0.25, 0.3) is 16.5 Å². The van der Waals surface area contributed by atoms with Crippen LogP contribution in [0.1, 0.15) is 0 Å². The SMILES string of the molecule is C=CCN.O=S(=O)(O)CC(F)C(F)C(F)C(F)C(F)C(F)C(F)C(F)C(F)C(F)C(F)F. The summed E-state index contributed by atoms with van der Waals surface area (Å²) in [5.41, 5.74) is 4.91. The topological polar surface area (TPSA) is 80.4 Å². The molecule has 0 radical (unpaired) electrons. The Morgan fingerprint density at radius 2 is 0.906 bits per heavy atom. The van der Waals surface area contributed by atoms with E-state index in [1.54, 1.807) is 6.08 Å². The summed E-state index contributed by atoms with van der Waals surface area (Å²) in [7, 11) is -5.23. The van der Waals surface area contributed by atoms with Crippen LogP contribution in [0.25, 0.3) is 0 Å². The molecule has 10 unspecified atom stereocenters. The molecule has 10 atom stereocenters. The van der Waals surface area contributed by atoms with E-state index < -0.39 is 84.0 Å². The van der Waals surface area contributed by atoms with Crippen LogP contribution in [0.15, 0.2) is 12.7 Å². The highest BCUT2D eigenvalue weighted by molar-refractivity contribution is 7.85. The number of rotatable bonds is 13. The molecular formula is C15H21F12NO3S. The average molecular weight is 523 g/mol. The maximum Gasteiger partial charge on any atom is 0.272 e. The van der Waals surface area contributed by atoms with Crippen LogP contribution >= 0.6 is 0 Å². The lowest BCUT2D eigenvalue weighted by molar-refractivity contribution is -0.0758. The van der Waals surface area contributed by atoms with Gasteiger partial charge in [0.1, 0.15) is 5.75 Å². The van der Waals surface area contributed by atoms with Gasteiger partial charge in [-0.2, -0.15) is 8.42 Å². The molecule has 3 N–H and O–H groups in total. The van der Waals surface area contributed by atoms with Crippen molar-refractivity contribution >= 4 is 10.1 Å². The van der Waals surface area contributed by atoms with Gasteiger partial charge in [0.05, 0.1) is 0 Å². The van der Waals surface area contributed by atoms with Gasteiger partial charge in [-0.25, -0.2) is 52.7 Å². The lowest BCUT2D eigenvalue weighted by Crippen LogP contribution is -2.50. The van der Waals surface area contributed by atoms with E-state index in [0.717, 1.165) is 0 Å². The monoisotopic (exact) mass is 523 g/mol. The van der Waals surface area contributed by atoms with Crippen LogP contribution in [-0.2, 0) is 10.1 Å². The maximum atomic E-state index is 13.4. The van der Waals surface area contributed by atoms with E-state index >= 15 is 0 Å². The predicted molar refractivity (Wildman–Crippen MR) is 90.6 cm³/mol. The molecule has 0 fully saturated rings. The Morgan fingerprint density at radius 3 is 1.12 bits per heavy atom. The Hall–Kier alpha value is -1.23. The van der Waals surface area contributed by atoms with Crippen molar-refractivity contribution in [2.45, 2.75) is 68.1 Å². The Labute approximate surface area is 175 Å². The van der Waals surface area contributed by atoms with Crippen LogP contribution in [0, 0.1) is 0 Å². The zero-order valence-electron chi connectivity index (χ0n) is 15.8. The van der Waals surface area contributed by atoms with E-state index in [2.05, 4.69) is 6.58 Å². The Morgan fingerprint density at radius 1 is 0.656 bits per heavy atom. The molecule has 0 aliphatic heterocycles. The van der Waals surface area contributed by atoms with Gasteiger partial charge >= 0.3 is 0 Å². The minimum absolute atomic E-state index is 0.583. The molecule has 0 heterocycles. The molecule has 0 amide bonds. The summed E-state index contributed by atoms with van der Waals surface area (Å²) in [6.07, 6.45) is -42.4. The van der Waals surface area contributed by atoms with Crippen molar-refractivity contribution in [1.29, 1.82) is 0 Å². The van der Waals surface area contributed by atoms with E-state index in [-0.39, 0.29) is 0 Å². The highest BCUT2D eigenvalue weighted by Gasteiger charge is 2.50. The zero-order valence-corrected chi connectivity index (χ0v) is 16.7. The third-order valence-electron chi connectivity index (χ3n) is 3.56. The van der Waals surface area contributed by atoms with Gasteiger partial charge in [-0.05, 0) is 0 Å². The first kappa shape index (κ1) is 32.9. The molecule has 0 aromatic heterocycles. The van der Waals surface area contributed by atoms with Gasteiger partial charge in [-0.1, -0.05) is 6.08 Å². The number of nitrogens with two attached hydrogens (primary N) is 1. The molecule has 0 aromatic rings. The molecule has 0 saturated carbocycles. The summed E-state index contributed by atoms with van der Waals surface area (Å²) in [4.78, 5) is 0. The van der Waals surface area contributed by atoms with Gasteiger partial charge in [0, 0.05) is 6.54 Å². The molecular weight excluding hydrogens is 502 g/mol. The molecule has 0 aromatic carbocycles. The largest absolute Gasteiger partial charge is 0.327 e. The Balaban J connectivity index is 0. The van der Waals surface area contributed by atoms with Crippen molar-refractivity contribution in [1.82, 2.24) is 0 Å². The van der Waals surface area contributed by atoms with Gasteiger partial charge in [-0.15, -0.1) is 6.58 Å². The molecule has 4 nitrogen and oxygen atoms in total. The zero-order chi connectivity index (χ0) is 26.0. The standard InChI is InChI=1S/C12H14F12O3S.C3H7N/c13-2(1-28(25,26)27)3(14)4(15)5(16)6(17)7(18)8(19)9(20)10(21)11(22)12(23)24;1-2-3-4/h2-12H,1H2,(H,25,26,27);2H,1,3-4H2. The quantitative estimate of drug-likeness (QED) is 0.220. The van der Waals surface area contributed by atoms with Gasteiger partial charge in [0.2, 0.25) is 0 Å². The molecule has 0 aliphatic carbocycles. The number of halogens is 12. The first-order valence-electron chi connectivity index (χ1n) is 8.39. The van der Waals surface area contributed by atoms with Crippen molar-refractivity contribution in [2.24, 2.45) is 5.73 Å². The lowest BCUT2D eigenvalue weighted by atomic mass is 9.96. The molecule has 0 aliphatic rings. The second-order valence-corrected chi connectivity index (χ2v) is 7.62. The highest BCUT2D eigenvalue weighted by Crippen LogP contribution is 2.30. The van der Waals surface area contributed by atoms with Crippen LogP contribution in [0.3, 0.4) is 0 Å². The van der Waals surface area contributed by atoms with Crippen LogP contribution in [0.5, 0.6) is 0 Å². The lowest BCUT2D eigenvalue weighted by Gasteiger charge is -2.27. The van der Waals surface area contributed by atoms with Gasteiger partial charge in [0.15, 0.2) is 61.7 Å². The fourth-order valence-electron chi connectivity index (χ4n) is 1.86. The van der Waals surface area contributed by atoms with Gasteiger partial charge < -0.3 is 5.73 Å². The number of alkyl halides is 12. The van der Waals surface area contributed by atoms with Crippen molar-refractivity contribution < 1.29 is 65.7 Å². The minimum atomic E-state index is -5.23. The molecule has 0 spiro atoms. The molecule has 0 rings (SSSR count). The fraction of sp³-hybridized carbons (Fsp3) is 0.867. The summed E-state index contributed by atoms with van der Waals surface area (Å²) in [5.74, 6) is -2.11. The third kappa shape index (κ3) is 11.1. The van der Waals surface area contributed by atoms with E-state index in [4.69, 9.17) is 10.3 Å². The Bertz CT molecular complexity index is 631. The van der Waals surface area contributed by atoms with Crippen molar-refractivity contribution in [2.75, 3.05) is 12.3 Å². The van der Waals surface area contributed by atoms with E-state index in [0.29, 0.717) is 6.54 Å². The summed E-state index contributed by atoms with van der Waals surface area (Å²) < 4.78 is 184. The minimum Gasteiger partial charge on any atom is -0.327 e. The number of hydrogen-bond donors (Lipinski definition) is 2. The van der Waals surface area contributed by atoms with E-state index in [1.807, 2.05) is 0 Å². The molecule has 17 heteroatoms. The van der Waals surface area contributed by atoms with Crippen molar-refractivity contribution in [3.05, 3.63) is 12.7 Å². The predicted octanol–water partition coefficient (Wildman–Crippen LogP) is 3.65. The fourth-order valence-corrected chi connectivity index (χ4v) is 2.45. The van der Waals surface area contributed by atoms with Crippen LogP contribution < -0.4 is 5.73 Å². The third-order valence-corrected chi connectivity index (χ3v) is 4.30. The first-order valence-corrected chi connectivity index (χ1v) is 10.00. The van der Waals surface area contributed by atoms with Crippen molar-refractivity contribution in [3.63, 3.8) is 0 Å². The normalized spacial score (nSPS) is 21.7. The van der Waals surface area contributed by atoms with E-state index in [9.17, 15) is 61.1 Å². The maximum absolute atomic E-state index is 13.4. The summed E-state index contributed by atoms with van der Waals surface area (Å²) in [6.45, 7) is 3.94. The molecule has 194 valence electrons. The first-order chi connectivity index (χ1) is 14.4. The van der Waals surface area contributed by atoms with Crippen molar-refractivity contribution in [3.8, 4) is 0 Å². The van der Waals surface area contributed by atoms with Crippen LogP contribution in [-0.4, -0.2) is 93.4 Å². The smallest absolute Gasteiger partial charge is 0.272 e. The summed E-state index contributed by atoms with van der Waals surface area (Å²) in [6, 6.07) is 0. The average Bonchev–Trinajstić information content (AvgIpc) is 2.72. The van der Waals surface area contributed by atoms with Gasteiger partial charge in [-0.3, -0.25) is 4.55 Å². The molecule has 0 saturated heterocycles. The molecule has 0 bridgehead atoms. The second kappa shape index (κ2) is 14.8. The highest BCUT2D eigenvalue weighted by atomic mass is 32.2. The van der Waals surface area contributed by atoms with Crippen LogP contribution in [0.4, 0.5) is 52.7 Å². The summed E-state index contributed by atoms with van der Waals surface area (Å²) in [5, 5.41) is 0. The van der Waals surface area contributed by atoms with Crippen LogP contribution in [0.2, 0.25) is 0 Å². The number of hydrogen-bond acceptors (Lipinski definition) is 3. The Kier molecular flexibility index (Phi) is 15.3.